The summed E-state index contributed by atoms with van der Waals surface area (Å²) < 4.78 is 0. The van der Waals surface area contributed by atoms with Crippen molar-refractivity contribution in [3.8, 4) is 0 Å². The fourth-order valence-corrected chi connectivity index (χ4v) is 2.60. The van der Waals surface area contributed by atoms with Crippen LogP contribution in [0.2, 0.25) is 0 Å². The van der Waals surface area contributed by atoms with Gasteiger partial charge in [-0.1, -0.05) is 12.1 Å². The van der Waals surface area contributed by atoms with Crippen molar-refractivity contribution in [3.05, 3.63) is 45.9 Å². The number of aryl methyl sites for hydroxylation is 2. The maximum Gasteiger partial charge on any atom is 0.220 e. The number of hydrogen-bond donors (Lipinski definition) is 2. The smallest absolute Gasteiger partial charge is 0.220 e. The predicted octanol–water partition coefficient (Wildman–Crippen LogP) is 2.33. The van der Waals surface area contributed by atoms with E-state index in [4.69, 9.17) is 5.73 Å². The summed E-state index contributed by atoms with van der Waals surface area (Å²) in [4.78, 5) is 16.1. The Bertz CT molecular complexity index is 580. The highest BCUT2D eigenvalue weighted by Crippen LogP contribution is 2.09. The first-order valence-electron chi connectivity index (χ1n) is 6.65. The average molecular weight is 289 g/mol. The van der Waals surface area contributed by atoms with E-state index in [1.165, 1.54) is 0 Å². The van der Waals surface area contributed by atoms with Crippen molar-refractivity contribution in [1.29, 1.82) is 0 Å². The first-order chi connectivity index (χ1) is 9.63. The van der Waals surface area contributed by atoms with Crippen molar-refractivity contribution in [2.75, 3.05) is 12.3 Å². The molecule has 1 aromatic carbocycles. The molecule has 2 rings (SSSR count). The lowest BCUT2D eigenvalue weighted by molar-refractivity contribution is -0.121. The number of amides is 1. The van der Waals surface area contributed by atoms with Gasteiger partial charge < -0.3 is 11.1 Å². The molecular weight excluding hydrogens is 270 g/mol. The number of rotatable bonds is 6. The number of nitrogens with two attached hydrogens (primary N) is 1. The lowest BCUT2D eigenvalue weighted by Crippen LogP contribution is -2.25. The zero-order chi connectivity index (χ0) is 14.4. The number of nitrogen functional groups attached to an aromatic ring is 1. The van der Waals surface area contributed by atoms with Crippen molar-refractivity contribution in [2.45, 2.75) is 26.2 Å². The van der Waals surface area contributed by atoms with E-state index in [-0.39, 0.29) is 5.91 Å². The van der Waals surface area contributed by atoms with Gasteiger partial charge in [0.15, 0.2) is 0 Å². The lowest BCUT2D eigenvalue weighted by Gasteiger charge is -2.05. The molecule has 0 unspecified atom stereocenters. The summed E-state index contributed by atoms with van der Waals surface area (Å²) in [5.74, 6) is 0.0689. The Morgan fingerprint density at radius 3 is 2.95 bits per heavy atom. The number of benzene rings is 1. The standard InChI is InChI=1S/C15H19N3OS/c1-11-18-14(10-20-11)7-8-17-15(19)6-5-12-3-2-4-13(16)9-12/h2-4,9-10H,5-8,16H2,1H3,(H,17,19). The molecule has 20 heavy (non-hydrogen) atoms. The van der Waals surface area contributed by atoms with Crippen LogP contribution in [0.4, 0.5) is 5.69 Å². The average Bonchev–Trinajstić information content (AvgIpc) is 2.82. The highest BCUT2D eigenvalue weighted by molar-refractivity contribution is 7.09. The molecule has 0 aliphatic carbocycles. The molecule has 1 aromatic heterocycles. The van der Waals surface area contributed by atoms with Crippen LogP contribution < -0.4 is 11.1 Å². The Kier molecular flexibility index (Phi) is 5.12. The highest BCUT2D eigenvalue weighted by atomic mass is 32.1. The van der Waals surface area contributed by atoms with E-state index >= 15 is 0 Å². The van der Waals surface area contributed by atoms with E-state index in [1.54, 1.807) is 11.3 Å². The quantitative estimate of drug-likeness (QED) is 0.802. The first kappa shape index (κ1) is 14.5. The Morgan fingerprint density at radius 2 is 2.25 bits per heavy atom. The van der Waals surface area contributed by atoms with Crippen molar-refractivity contribution in [3.63, 3.8) is 0 Å². The molecule has 0 atom stereocenters. The fourth-order valence-electron chi connectivity index (χ4n) is 1.95. The molecule has 0 saturated carbocycles. The largest absolute Gasteiger partial charge is 0.399 e. The summed E-state index contributed by atoms with van der Waals surface area (Å²) >= 11 is 1.64. The van der Waals surface area contributed by atoms with Gasteiger partial charge in [0.25, 0.3) is 0 Å². The number of aromatic nitrogens is 1. The monoisotopic (exact) mass is 289 g/mol. The molecule has 0 aliphatic heterocycles. The van der Waals surface area contributed by atoms with Gasteiger partial charge in [0.1, 0.15) is 0 Å². The number of nitrogens with zero attached hydrogens (tertiary/aromatic N) is 1. The third-order valence-corrected chi connectivity index (χ3v) is 3.78. The van der Waals surface area contributed by atoms with Gasteiger partial charge in [0.05, 0.1) is 10.7 Å². The van der Waals surface area contributed by atoms with Crippen molar-refractivity contribution >= 4 is 22.9 Å². The molecule has 0 aliphatic rings. The van der Waals surface area contributed by atoms with Gasteiger partial charge in [0.2, 0.25) is 5.91 Å². The van der Waals surface area contributed by atoms with Crippen LogP contribution in [-0.4, -0.2) is 17.4 Å². The van der Waals surface area contributed by atoms with Gasteiger partial charge >= 0.3 is 0 Å². The van der Waals surface area contributed by atoms with Crippen molar-refractivity contribution < 1.29 is 4.79 Å². The molecule has 1 heterocycles. The molecule has 2 aromatic rings. The number of thiazole rings is 1. The molecule has 1 amide bonds. The number of nitrogens with one attached hydrogen (secondary N) is 1. The second-order valence-electron chi connectivity index (χ2n) is 4.70. The third kappa shape index (κ3) is 4.66. The lowest BCUT2D eigenvalue weighted by atomic mass is 10.1. The van der Waals surface area contributed by atoms with Gasteiger partial charge in [-0.3, -0.25) is 4.79 Å². The first-order valence-corrected chi connectivity index (χ1v) is 7.53. The second-order valence-corrected chi connectivity index (χ2v) is 5.77. The van der Waals surface area contributed by atoms with Crippen molar-refractivity contribution in [2.24, 2.45) is 0 Å². The number of anilines is 1. The van der Waals surface area contributed by atoms with E-state index < -0.39 is 0 Å². The van der Waals surface area contributed by atoms with Crippen LogP contribution in [0, 0.1) is 6.92 Å². The normalized spacial score (nSPS) is 10.4. The maximum absolute atomic E-state index is 11.7. The Balaban J connectivity index is 1.68. The molecule has 5 heteroatoms. The zero-order valence-corrected chi connectivity index (χ0v) is 12.4. The second kappa shape index (κ2) is 7.05. The predicted molar refractivity (Wildman–Crippen MR) is 82.7 cm³/mol. The summed E-state index contributed by atoms with van der Waals surface area (Å²) in [6, 6.07) is 7.65. The fraction of sp³-hybridized carbons (Fsp3) is 0.333. The van der Waals surface area contributed by atoms with Crippen LogP contribution in [-0.2, 0) is 17.6 Å². The number of carbonyl (C=O) groups is 1. The molecule has 0 saturated heterocycles. The molecule has 0 bridgehead atoms. The highest BCUT2D eigenvalue weighted by Gasteiger charge is 2.03. The Morgan fingerprint density at radius 1 is 1.40 bits per heavy atom. The minimum atomic E-state index is 0.0689. The summed E-state index contributed by atoms with van der Waals surface area (Å²) in [5, 5.41) is 6.02. The van der Waals surface area contributed by atoms with Gasteiger partial charge in [-0.25, -0.2) is 4.98 Å². The summed E-state index contributed by atoms with van der Waals surface area (Å²) in [6.45, 7) is 2.62. The maximum atomic E-state index is 11.7. The minimum absolute atomic E-state index is 0.0689. The third-order valence-electron chi connectivity index (χ3n) is 2.96. The minimum Gasteiger partial charge on any atom is -0.399 e. The van der Waals surface area contributed by atoms with Gasteiger partial charge in [-0.2, -0.15) is 0 Å². The van der Waals surface area contributed by atoms with E-state index in [2.05, 4.69) is 10.3 Å². The molecule has 0 radical (unpaired) electrons. The van der Waals surface area contributed by atoms with E-state index in [1.807, 2.05) is 36.6 Å². The van der Waals surface area contributed by atoms with E-state index in [0.29, 0.717) is 19.4 Å². The van der Waals surface area contributed by atoms with Crippen LogP contribution >= 0.6 is 11.3 Å². The molecule has 4 nitrogen and oxygen atoms in total. The summed E-state index contributed by atoms with van der Waals surface area (Å²) in [7, 11) is 0. The van der Waals surface area contributed by atoms with Gasteiger partial charge in [-0.15, -0.1) is 11.3 Å². The van der Waals surface area contributed by atoms with E-state index in [0.717, 1.165) is 28.4 Å². The SMILES string of the molecule is Cc1nc(CCNC(=O)CCc2cccc(N)c2)cs1. The van der Waals surface area contributed by atoms with Crippen LogP contribution in [0.25, 0.3) is 0 Å². The summed E-state index contributed by atoms with van der Waals surface area (Å²) in [5.41, 5.74) is 8.58. The molecular formula is C15H19N3OS. The summed E-state index contributed by atoms with van der Waals surface area (Å²) in [6.07, 6.45) is 1.99. The topological polar surface area (TPSA) is 68.0 Å². The molecule has 0 spiro atoms. The molecule has 0 fully saturated rings. The Labute approximate surface area is 123 Å². The molecule has 106 valence electrons. The van der Waals surface area contributed by atoms with Crippen LogP contribution in [0.1, 0.15) is 22.7 Å². The van der Waals surface area contributed by atoms with E-state index in [9.17, 15) is 4.79 Å². The van der Waals surface area contributed by atoms with Gasteiger partial charge in [-0.05, 0) is 31.0 Å². The number of hydrogen-bond acceptors (Lipinski definition) is 4. The molecule has 3 N–H and O–H groups in total. The van der Waals surface area contributed by atoms with Crippen LogP contribution in [0.15, 0.2) is 29.6 Å². The Hall–Kier alpha value is -1.88. The van der Waals surface area contributed by atoms with Crippen LogP contribution in [0.5, 0.6) is 0 Å². The van der Waals surface area contributed by atoms with Crippen molar-refractivity contribution in [1.82, 2.24) is 10.3 Å². The number of carbonyl (C=O) groups excluding carboxylic acids is 1. The van der Waals surface area contributed by atoms with Crippen LogP contribution in [0.3, 0.4) is 0 Å². The van der Waals surface area contributed by atoms with Gasteiger partial charge in [0, 0.05) is 30.5 Å². The zero-order valence-electron chi connectivity index (χ0n) is 11.6.